The van der Waals surface area contributed by atoms with Crippen LogP contribution in [0.2, 0.25) is 0 Å². The maximum Gasteiger partial charge on any atom is 0.312 e. The van der Waals surface area contributed by atoms with E-state index in [2.05, 4.69) is 13.8 Å². The summed E-state index contributed by atoms with van der Waals surface area (Å²) >= 11 is 0. The van der Waals surface area contributed by atoms with Crippen LogP contribution in [0.15, 0.2) is 0 Å². The van der Waals surface area contributed by atoms with Crippen molar-refractivity contribution in [3.8, 4) is 0 Å². The van der Waals surface area contributed by atoms with E-state index in [4.69, 9.17) is 4.74 Å². The number of carbonyl (C=O) groups is 1. The smallest absolute Gasteiger partial charge is 0.312 e. The minimum Gasteiger partial charge on any atom is -0.458 e. The summed E-state index contributed by atoms with van der Waals surface area (Å²) in [4.78, 5) is 13.5. The zero-order valence-corrected chi connectivity index (χ0v) is 15.6. The molecule has 0 aromatic carbocycles. The molecule has 6 rings (SSSR count). The maximum absolute atomic E-state index is 13.5. The average Bonchev–Trinajstić information content (AvgIpc) is 3.14. The molecule has 0 N–H and O–H groups in total. The third kappa shape index (κ3) is 2.10. The lowest BCUT2D eigenvalue weighted by molar-refractivity contribution is -0.199. The molecule has 0 saturated heterocycles. The third-order valence-electron chi connectivity index (χ3n) is 9.04. The number of hydrogen-bond donors (Lipinski definition) is 0. The van der Waals surface area contributed by atoms with Gasteiger partial charge in [0.15, 0.2) is 0 Å². The van der Waals surface area contributed by atoms with Crippen LogP contribution in [0.3, 0.4) is 0 Å². The van der Waals surface area contributed by atoms with Crippen molar-refractivity contribution in [1.29, 1.82) is 0 Å². The van der Waals surface area contributed by atoms with E-state index in [-0.39, 0.29) is 17.0 Å². The van der Waals surface area contributed by atoms with Gasteiger partial charge in [0.25, 0.3) is 0 Å². The van der Waals surface area contributed by atoms with Crippen LogP contribution >= 0.6 is 0 Å². The summed E-state index contributed by atoms with van der Waals surface area (Å²) in [6, 6.07) is 0. The highest BCUT2D eigenvalue weighted by molar-refractivity contribution is 5.78. The first-order valence-electron chi connectivity index (χ1n) is 10.8. The number of carbonyl (C=O) groups excluding carboxylic acids is 1. The van der Waals surface area contributed by atoms with Gasteiger partial charge in [-0.25, -0.2) is 0 Å². The van der Waals surface area contributed by atoms with Gasteiger partial charge in [-0.2, -0.15) is 0 Å². The van der Waals surface area contributed by atoms with Gasteiger partial charge < -0.3 is 4.74 Å². The van der Waals surface area contributed by atoms with Crippen LogP contribution in [0.4, 0.5) is 0 Å². The van der Waals surface area contributed by atoms with Crippen molar-refractivity contribution in [2.75, 3.05) is 0 Å². The van der Waals surface area contributed by atoms with E-state index in [9.17, 15) is 4.79 Å². The molecule has 2 nitrogen and oxygen atoms in total. The van der Waals surface area contributed by atoms with Crippen LogP contribution in [0.25, 0.3) is 0 Å². The summed E-state index contributed by atoms with van der Waals surface area (Å²) in [6.45, 7) is 4.62. The van der Waals surface area contributed by atoms with Crippen LogP contribution in [0, 0.1) is 40.9 Å². The molecule has 2 heteroatoms. The normalized spacial score (nSPS) is 52.7. The second kappa shape index (κ2) is 5.24. The SMILES string of the molecule is CCC(C)[C@@]1(OC(=O)C23CC4CC(CC(C4)C2)C3)C[C@@H]2CC[C@H]1C2. The minimum absolute atomic E-state index is 0.0863. The first-order valence-corrected chi connectivity index (χ1v) is 10.8. The number of esters is 1. The number of fused-ring (bicyclic) bond motifs is 2. The molecule has 0 aromatic rings. The Bertz CT molecular complexity index is 503. The standard InChI is InChI=1S/C22H34O2/c1-3-14(2)22(13-15-4-5-19(22)9-15)24-20(23)21-10-16-6-17(11-21)8-18(7-16)12-21/h14-19H,3-13H2,1-2H3/t14?,15-,16?,17?,18?,19+,21?,22+/m1/s1. The molecule has 1 unspecified atom stereocenters. The summed E-state index contributed by atoms with van der Waals surface area (Å²) in [5.41, 5.74) is -0.199. The van der Waals surface area contributed by atoms with Crippen molar-refractivity contribution in [2.24, 2.45) is 40.9 Å². The van der Waals surface area contributed by atoms with E-state index >= 15 is 0 Å². The third-order valence-corrected chi connectivity index (χ3v) is 9.04. The van der Waals surface area contributed by atoms with Crippen LogP contribution in [-0.4, -0.2) is 11.6 Å². The van der Waals surface area contributed by atoms with Gasteiger partial charge in [0.05, 0.1) is 5.41 Å². The Labute approximate surface area is 147 Å². The molecule has 6 aliphatic rings. The Morgan fingerprint density at radius 2 is 1.58 bits per heavy atom. The lowest BCUT2D eigenvalue weighted by Gasteiger charge is -2.56. The summed E-state index contributed by atoms with van der Waals surface area (Å²) in [5, 5.41) is 0. The highest BCUT2D eigenvalue weighted by Gasteiger charge is 2.60. The van der Waals surface area contributed by atoms with Gasteiger partial charge in [-0.3, -0.25) is 4.79 Å². The Hall–Kier alpha value is -0.530. The van der Waals surface area contributed by atoms with Crippen LogP contribution in [-0.2, 0) is 9.53 Å². The highest BCUT2D eigenvalue weighted by Crippen LogP contribution is 2.62. The topological polar surface area (TPSA) is 26.3 Å². The Morgan fingerprint density at radius 3 is 2.04 bits per heavy atom. The number of hydrogen-bond acceptors (Lipinski definition) is 2. The number of rotatable bonds is 4. The van der Waals surface area contributed by atoms with Crippen LogP contribution in [0.1, 0.15) is 84.5 Å². The summed E-state index contributed by atoms with van der Waals surface area (Å²) < 4.78 is 6.63. The van der Waals surface area contributed by atoms with Crippen molar-refractivity contribution < 1.29 is 9.53 Å². The van der Waals surface area contributed by atoms with Gasteiger partial charge in [0.1, 0.15) is 5.60 Å². The quantitative estimate of drug-likeness (QED) is 0.649. The lowest BCUT2D eigenvalue weighted by Crippen LogP contribution is -2.54. The lowest BCUT2D eigenvalue weighted by atomic mass is 9.49. The predicted octanol–water partition coefficient (Wildman–Crippen LogP) is 5.35. The number of ether oxygens (including phenoxy) is 1. The molecule has 6 aliphatic carbocycles. The van der Waals surface area contributed by atoms with E-state index in [0.717, 1.165) is 55.8 Å². The monoisotopic (exact) mass is 330 g/mol. The van der Waals surface area contributed by atoms with E-state index in [1.54, 1.807) is 0 Å². The second-order valence-electron chi connectivity index (χ2n) is 10.4. The van der Waals surface area contributed by atoms with Crippen LogP contribution < -0.4 is 0 Å². The van der Waals surface area contributed by atoms with Crippen molar-refractivity contribution in [3.63, 3.8) is 0 Å². The molecule has 0 aromatic heterocycles. The van der Waals surface area contributed by atoms with Gasteiger partial charge in [0.2, 0.25) is 0 Å². The first-order chi connectivity index (χ1) is 11.5. The van der Waals surface area contributed by atoms with E-state index in [0.29, 0.717) is 11.8 Å². The van der Waals surface area contributed by atoms with Gasteiger partial charge in [-0.15, -0.1) is 0 Å². The summed E-state index contributed by atoms with van der Waals surface area (Å²) in [7, 11) is 0. The van der Waals surface area contributed by atoms with E-state index < -0.39 is 0 Å². The largest absolute Gasteiger partial charge is 0.458 e. The molecule has 0 amide bonds. The highest BCUT2D eigenvalue weighted by atomic mass is 16.6. The van der Waals surface area contributed by atoms with Crippen molar-refractivity contribution in [2.45, 2.75) is 90.1 Å². The second-order valence-corrected chi connectivity index (χ2v) is 10.4. The minimum atomic E-state index is -0.113. The van der Waals surface area contributed by atoms with E-state index in [1.807, 2.05) is 0 Å². The predicted molar refractivity (Wildman–Crippen MR) is 94.3 cm³/mol. The zero-order valence-electron chi connectivity index (χ0n) is 15.6. The first kappa shape index (κ1) is 15.7. The molecule has 4 atom stereocenters. The molecule has 6 fully saturated rings. The maximum atomic E-state index is 13.5. The molecule has 0 radical (unpaired) electrons. The van der Waals surface area contributed by atoms with Gasteiger partial charge in [0, 0.05) is 0 Å². The Balaban J connectivity index is 1.41. The van der Waals surface area contributed by atoms with Gasteiger partial charge >= 0.3 is 5.97 Å². The molecule has 0 heterocycles. The zero-order chi connectivity index (χ0) is 16.5. The van der Waals surface area contributed by atoms with Gasteiger partial charge in [-0.1, -0.05) is 13.8 Å². The molecule has 0 spiro atoms. The van der Waals surface area contributed by atoms with E-state index in [1.165, 1.54) is 38.5 Å². The molecule has 134 valence electrons. The summed E-state index contributed by atoms with van der Waals surface area (Å²) in [6.07, 6.45) is 13.9. The molecule has 0 aliphatic heterocycles. The van der Waals surface area contributed by atoms with Crippen molar-refractivity contribution in [1.82, 2.24) is 0 Å². The Kier molecular flexibility index (Phi) is 3.43. The van der Waals surface area contributed by atoms with Crippen molar-refractivity contribution >= 4 is 5.97 Å². The fraction of sp³-hybridized carbons (Fsp3) is 0.955. The fourth-order valence-electron chi connectivity index (χ4n) is 8.14. The molecular weight excluding hydrogens is 296 g/mol. The van der Waals surface area contributed by atoms with Gasteiger partial charge in [-0.05, 0) is 106 Å². The summed E-state index contributed by atoms with van der Waals surface area (Å²) in [5.74, 6) is 4.69. The van der Waals surface area contributed by atoms with Crippen LogP contribution in [0.5, 0.6) is 0 Å². The average molecular weight is 331 g/mol. The molecule has 24 heavy (non-hydrogen) atoms. The molecule has 6 bridgehead atoms. The molecular formula is C22H34O2. The van der Waals surface area contributed by atoms with Crippen molar-refractivity contribution in [3.05, 3.63) is 0 Å². The molecule has 6 saturated carbocycles. The Morgan fingerprint density at radius 1 is 0.958 bits per heavy atom. The fourth-order valence-corrected chi connectivity index (χ4v) is 8.14.